The first-order chi connectivity index (χ1) is 7.13. The maximum Gasteiger partial charge on any atom is 0.268 e. The van der Waals surface area contributed by atoms with Crippen molar-refractivity contribution in [2.24, 2.45) is 5.73 Å². The minimum Gasteiger partial charge on any atom is -0.383 e. The summed E-state index contributed by atoms with van der Waals surface area (Å²) in [5, 5.41) is 3.03. The summed E-state index contributed by atoms with van der Waals surface area (Å²) in [5.74, 6) is -0.0820. The van der Waals surface area contributed by atoms with Crippen LogP contribution in [0.25, 0.3) is 0 Å². The highest BCUT2D eigenvalue weighted by molar-refractivity contribution is 5.90. The molecule has 1 unspecified atom stereocenters. The normalized spacial score (nSPS) is 12.1. The van der Waals surface area contributed by atoms with Gasteiger partial charge in [0.1, 0.15) is 11.5 Å². The van der Waals surface area contributed by atoms with E-state index in [1.54, 1.807) is 7.11 Å². The highest BCUT2D eigenvalue weighted by atomic mass is 16.5. The average molecular weight is 210 g/mol. The summed E-state index contributed by atoms with van der Waals surface area (Å²) in [6, 6.07) is 0.0902. The zero-order valence-electron chi connectivity index (χ0n) is 8.73. The molecule has 0 spiro atoms. The Labute approximate surface area is 87.9 Å². The molecule has 0 saturated carbocycles. The van der Waals surface area contributed by atoms with Gasteiger partial charge in [0, 0.05) is 13.2 Å². The van der Waals surface area contributed by atoms with Gasteiger partial charge in [0.15, 0.2) is 0 Å². The summed E-state index contributed by atoms with van der Waals surface area (Å²) in [4.78, 5) is 18.7. The Kier molecular flexibility index (Phi) is 3.99. The number of carbonyl (C=O) groups is 1. The molecule has 3 N–H and O–H groups in total. The molecule has 0 aliphatic heterocycles. The lowest BCUT2D eigenvalue weighted by Crippen LogP contribution is -2.22. The summed E-state index contributed by atoms with van der Waals surface area (Å²) < 4.78 is 4.95. The zero-order chi connectivity index (χ0) is 11.3. The van der Waals surface area contributed by atoms with E-state index in [0.717, 1.165) is 0 Å². The third-order valence-corrected chi connectivity index (χ3v) is 1.70. The molecule has 1 atom stereocenters. The molecule has 1 aromatic heterocycles. The lowest BCUT2D eigenvalue weighted by molar-refractivity contribution is 0.0995. The van der Waals surface area contributed by atoms with Crippen LogP contribution in [0.3, 0.4) is 0 Å². The molecule has 1 heterocycles. The number of methoxy groups -OCH3 is 1. The third-order valence-electron chi connectivity index (χ3n) is 1.70. The van der Waals surface area contributed by atoms with E-state index in [0.29, 0.717) is 12.4 Å². The van der Waals surface area contributed by atoms with E-state index in [9.17, 15) is 4.79 Å². The predicted octanol–water partition coefficient (Wildman–Crippen LogP) is 0.0223. The Balaban J connectivity index is 2.69. The van der Waals surface area contributed by atoms with Gasteiger partial charge in [0.05, 0.1) is 19.0 Å². The van der Waals surface area contributed by atoms with Crippen molar-refractivity contribution in [2.45, 2.75) is 13.0 Å². The molecule has 0 aromatic carbocycles. The van der Waals surface area contributed by atoms with Gasteiger partial charge < -0.3 is 15.8 Å². The first-order valence-corrected chi connectivity index (χ1v) is 4.50. The van der Waals surface area contributed by atoms with Gasteiger partial charge >= 0.3 is 0 Å². The molecule has 0 fully saturated rings. The molecule has 82 valence electrons. The second-order valence-corrected chi connectivity index (χ2v) is 3.15. The van der Waals surface area contributed by atoms with Crippen LogP contribution in [0.15, 0.2) is 12.4 Å². The highest BCUT2D eigenvalue weighted by Gasteiger charge is 2.06. The van der Waals surface area contributed by atoms with Crippen LogP contribution in [-0.2, 0) is 4.74 Å². The fraction of sp³-hybridized carbons (Fsp3) is 0.444. The second-order valence-electron chi connectivity index (χ2n) is 3.15. The van der Waals surface area contributed by atoms with E-state index < -0.39 is 5.91 Å². The van der Waals surface area contributed by atoms with Crippen LogP contribution in [0.5, 0.6) is 0 Å². The summed E-state index contributed by atoms with van der Waals surface area (Å²) in [6.07, 6.45) is 2.85. The molecule has 0 saturated heterocycles. The summed E-state index contributed by atoms with van der Waals surface area (Å²) in [6.45, 7) is 2.48. The van der Waals surface area contributed by atoms with E-state index in [1.807, 2.05) is 6.92 Å². The van der Waals surface area contributed by atoms with Crippen molar-refractivity contribution < 1.29 is 9.53 Å². The smallest absolute Gasteiger partial charge is 0.268 e. The molecule has 1 rings (SSSR count). The zero-order valence-corrected chi connectivity index (χ0v) is 8.73. The number of ether oxygens (including phenoxy) is 1. The van der Waals surface area contributed by atoms with Gasteiger partial charge in [-0.25, -0.2) is 4.98 Å². The van der Waals surface area contributed by atoms with E-state index in [1.165, 1.54) is 12.4 Å². The maximum absolute atomic E-state index is 10.8. The molecule has 0 radical (unpaired) electrons. The predicted molar refractivity (Wildman–Crippen MR) is 55.5 cm³/mol. The van der Waals surface area contributed by atoms with Crippen molar-refractivity contribution in [2.75, 3.05) is 19.0 Å². The molecule has 1 amide bonds. The van der Waals surface area contributed by atoms with Crippen molar-refractivity contribution in [1.29, 1.82) is 0 Å². The second kappa shape index (κ2) is 5.26. The number of carbonyl (C=O) groups excluding carboxylic acids is 1. The number of hydrogen-bond acceptors (Lipinski definition) is 5. The van der Waals surface area contributed by atoms with Gasteiger partial charge in [-0.3, -0.25) is 9.78 Å². The molecule has 1 aromatic rings. The molecular formula is C9H14N4O2. The molecule has 0 aliphatic rings. The first kappa shape index (κ1) is 11.4. The lowest BCUT2D eigenvalue weighted by Gasteiger charge is -2.12. The van der Waals surface area contributed by atoms with Gasteiger partial charge in [0.25, 0.3) is 5.91 Å². The number of nitrogens with one attached hydrogen (secondary N) is 1. The minimum absolute atomic E-state index is 0.0902. The number of nitrogens with two attached hydrogens (primary N) is 1. The highest BCUT2D eigenvalue weighted by Crippen LogP contribution is 2.03. The lowest BCUT2D eigenvalue weighted by atomic mass is 10.3. The fourth-order valence-corrected chi connectivity index (χ4v) is 1.10. The third kappa shape index (κ3) is 3.51. The number of amides is 1. The molecule has 15 heavy (non-hydrogen) atoms. The van der Waals surface area contributed by atoms with Gasteiger partial charge in [0.2, 0.25) is 0 Å². The van der Waals surface area contributed by atoms with Gasteiger partial charge in [-0.15, -0.1) is 0 Å². The Morgan fingerprint density at radius 3 is 3.00 bits per heavy atom. The van der Waals surface area contributed by atoms with Crippen LogP contribution < -0.4 is 11.1 Å². The molecule has 0 bridgehead atoms. The van der Waals surface area contributed by atoms with Gasteiger partial charge in [-0.05, 0) is 6.92 Å². The van der Waals surface area contributed by atoms with Crippen LogP contribution in [0, 0.1) is 0 Å². The quantitative estimate of drug-likeness (QED) is 0.715. The van der Waals surface area contributed by atoms with Crippen molar-refractivity contribution in [3.63, 3.8) is 0 Å². The maximum atomic E-state index is 10.8. The largest absolute Gasteiger partial charge is 0.383 e. The topological polar surface area (TPSA) is 90.1 Å². The van der Waals surface area contributed by atoms with Crippen molar-refractivity contribution in [3.8, 4) is 0 Å². The number of hydrogen-bond donors (Lipinski definition) is 2. The fourth-order valence-electron chi connectivity index (χ4n) is 1.10. The standard InChI is InChI=1S/C9H14N4O2/c1-6(5-15-2)12-8-4-11-3-7(13-8)9(10)14/h3-4,6H,5H2,1-2H3,(H2,10,14)(H,12,13). The van der Waals surface area contributed by atoms with E-state index >= 15 is 0 Å². The summed E-state index contributed by atoms with van der Waals surface area (Å²) in [7, 11) is 1.61. The molecular weight excluding hydrogens is 196 g/mol. The van der Waals surface area contributed by atoms with E-state index in [2.05, 4.69) is 15.3 Å². The van der Waals surface area contributed by atoms with Crippen molar-refractivity contribution >= 4 is 11.7 Å². The SMILES string of the molecule is COCC(C)Nc1cncc(C(N)=O)n1. The molecule has 6 heteroatoms. The minimum atomic E-state index is -0.592. The first-order valence-electron chi connectivity index (χ1n) is 4.50. The number of nitrogens with zero attached hydrogens (tertiary/aromatic N) is 2. The summed E-state index contributed by atoms with van der Waals surface area (Å²) >= 11 is 0. The Morgan fingerprint density at radius 2 is 2.40 bits per heavy atom. The van der Waals surface area contributed by atoms with E-state index in [-0.39, 0.29) is 11.7 Å². The van der Waals surface area contributed by atoms with Gasteiger partial charge in [-0.1, -0.05) is 0 Å². The van der Waals surface area contributed by atoms with Gasteiger partial charge in [-0.2, -0.15) is 0 Å². The van der Waals surface area contributed by atoms with Crippen LogP contribution in [0.1, 0.15) is 17.4 Å². The Morgan fingerprint density at radius 1 is 1.67 bits per heavy atom. The molecule has 0 aliphatic carbocycles. The van der Waals surface area contributed by atoms with Crippen LogP contribution >= 0.6 is 0 Å². The van der Waals surface area contributed by atoms with Crippen LogP contribution in [-0.4, -0.2) is 35.6 Å². The number of anilines is 1. The number of rotatable bonds is 5. The van der Waals surface area contributed by atoms with Crippen molar-refractivity contribution in [3.05, 3.63) is 18.1 Å². The number of primary amides is 1. The van der Waals surface area contributed by atoms with Crippen molar-refractivity contribution in [1.82, 2.24) is 9.97 Å². The monoisotopic (exact) mass is 210 g/mol. The Hall–Kier alpha value is -1.69. The van der Waals surface area contributed by atoms with Crippen LogP contribution in [0.4, 0.5) is 5.82 Å². The number of aromatic nitrogens is 2. The summed E-state index contributed by atoms with van der Waals surface area (Å²) in [5.41, 5.74) is 5.22. The van der Waals surface area contributed by atoms with E-state index in [4.69, 9.17) is 10.5 Å². The van der Waals surface area contributed by atoms with Crippen LogP contribution in [0.2, 0.25) is 0 Å². The average Bonchev–Trinajstić information content (AvgIpc) is 2.18. The molecule has 6 nitrogen and oxygen atoms in total. The Bertz CT molecular complexity index is 343.